The molecule has 22 heavy (non-hydrogen) atoms. The van der Waals surface area contributed by atoms with E-state index in [0.29, 0.717) is 12.8 Å². The van der Waals surface area contributed by atoms with Gasteiger partial charge in [-0.05, 0) is 24.7 Å². The largest absolute Gasteiger partial charge is 0.332 e. The third-order valence-electron chi connectivity index (χ3n) is 4.25. The maximum absolute atomic E-state index is 12.6. The second-order valence-corrected chi connectivity index (χ2v) is 8.35. The number of carbonyl (C=O) groups excluding carboxylic acids is 2. The first-order valence-electron chi connectivity index (χ1n) is 7.17. The molecule has 128 valence electrons. The van der Waals surface area contributed by atoms with Gasteiger partial charge in [0.25, 0.3) is 0 Å². The molecule has 0 aromatic heterocycles. The van der Waals surface area contributed by atoms with E-state index in [1.165, 1.54) is 9.80 Å². The van der Waals surface area contributed by atoms with Gasteiger partial charge in [0.15, 0.2) is 0 Å². The van der Waals surface area contributed by atoms with Crippen LogP contribution in [0.4, 0.5) is 0 Å². The van der Waals surface area contributed by atoms with Crippen molar-refractivity contribution in [2.75, 3.05) is 14.1 Å². The molecule has 1 rings (SSSR count). The summed E-state index contributed by atoms with van der Waals surface area (Å²) in [6.07, 6.45) is 0.859. The molecule has 0 spiro atoms. The minimum absolute atomic E-state index is 0.0912. The Hall–Kier alpha value is 0.1000. The lowest BCUT2D eigenvalue weighted by molar-refractivity contribution is -0.159. The van der Waals surface area contributed by atoms with E-state index in [4.69, 9.17) is 46.4 Å². The number of halogens is 4. The van der Waals surface area contributed by atoms with Crippen molar-refractivity contribution in [2.45, 2.75) is 48.4 Å². The van der Waals surface area contributed by atoms with Crippen molar-refractivity contribution in [3.8, 4) is 0 Å². The van der Waals surface area contributed by atoms with Crippen molar-refractivity contribution in [2.24, 2.45) is 11.8 Å². The number of hydrogen-bond donors (Lipinski definition) is 0. The van der Waals surface area contributed by atoms with Crippen molar-refractivity contribution in [3.63, 3.8) is 0 Å². The summed E-state index contributed by atoms with van der Waals surface area (Å²) in [4.78, 5) is 27.0. The van der Waals surface area contributed by atoms with Gasteiger partial charge < -0.3 is 9.80 Å². The molecule has 4 nitrogen and oxygen atoms in total. The summed E-state index contributed by atoms with van der Waals surface area (Å²) >= 11 is 23.4. The van der Waals surface area contributed by atoms with Crippen LogP contribution >= 0.6 is 46.4 Å². The van der Waals surface area contributed by atoms with Crippen molar-refractivity contribution in [1.29, 1.82) is 0 Å². The zero-order chi connectivity index (χ0) is 17.2. The number of carbonyl (C=O) groups is 2. The van der Waals surface area contributed by atoms with Crippen LogP contribution in [0.5, 0.6) is 0 Å². The highest BCUT2D eigenvalue weighted by Crippen LogP contribution is 2.29. The van der Waals surface area contributed by atoms with Gasteiger partial charge >= 0.3 is 0 Å². The minimum atomic E-state index is -0.576. The van der Waals surface area contributed by atoms with E-state index in [1.807, 2.05) is 13.8 Å². The van der Waals surface area contributed by atoms with Gasteiger partial charge in [-0.1, -0.05) is 13.8 Å². The third kappa shape index (κ3) is 4.56. The molecule has 1 saturated heterocycles. The molecule has 1 aliphatic heterocycles. The first-order valence-corrected chi connectivity index (χ1v) is 8.92. The van der Waals surface area contributed by atoms with Crippen LogP contribution in [0.25, 0.3) is 0 Å². The molecule has 0 N–H and O–H groups in total. The Labute approximate surface area is 152 Å². The molecule has 0 bridgehead atoms. The van der Waals surface area contributed by atoms with Gasteiger partial charge in [0.2, 0.25) is 11.8 Å². The van der Waals surface area contributed by atoms with Gasteiger partial charge in [-0.2, -0.15) is 0 Å². The second-order valence-electron chi connectivity index (χ2n) is 6.02. The molecule has 0 aliphatic carbocycles. The van der Waals surface area contributed by atoms with Crippen molar-refractivity contribution >= 4 is 58.2 Å². The monoisotopic (exact) mass is 390 g/mol. The lowest BCUT2D eigenvalue weighted by atomic mass is 9.93. The molecule has 2 amide bonds. The molecule has 0 saturated carbocycles. The summed E-state index contributed by atoms with van der Waals surface area (Å²) in [7, 11) is 3.28. The van der Waals surface area contributed by atoms with Gasteiger partial charge in [-0.15, -0.1) is 46.4 Å². The van der Waals surface area contributed by atoms with Crippen molar-refractivity contribution in [1.82, 2.24) is 9.80 Å². The predicted molar refractivity (Wildman–Crippen MR) is 91.7 cm³/mol. The fraction of sp³-hybridized carbons (Fsp3) is 0.857. The Balaban J connectivity index is 2.88. The Morgan fingerprint density at radius 3 is 1.32 bits per heavy atom. The highest BCUT2D eigenvalue weighted by Gasteiger charge is 2.43. The number of nitrogens with zero attached hydrogens (tertiary/aromatic N) is 2. The number of piperazine rings is 1. The van der Waals surface area contributed by atoms with Gasteiger partial charge in [0.1, 0.15) is 21.8 Å². The average molecular weight is 392 g/mol. The van der Waals surface area contributed by atoms with E-state index < -0.39 is 21.8 Å². The Kier molecular flexibility index (Phi) is 7.58. The fourth-order valence-electron chi connectivity index (χ4n) is 2.54. The van der Waals surface area contributed by atoms with Crippen LogP contribution in [0, 0.1) is 11.8 Å². The number of alkyl halides is 4. The molecule has 4 atom stereocenters. The van der Waals surface area contributed by atoms with Crippen LogP contribution in [0.2, 0.25) is 0 Å². The highest BCUT2D eigenvalue weighted by molar-refractivity contribution is 6.44. The normalized spacial score (nSPS) is 26.1. The molecule has 8 heteroatoms. The first-order chi connectivity index (χ1) is 10.1. The molecule has 0 radical (unpaired) electrons. The lowest BCUT2D eigenvalue weighted by Crippen LogP contribution is -2.63. The first kappa shape index (κ1) is 20.1. The summed E-state index contributed by atoms with van der Waals surface area (Å²) in [5.41, 5.74) is 0. The van der Waals surface area contributed by atoms with Gasteiger partial charge in [0, 0.05) is 14.1 Å². The van der Waals surface area contributed by atoms with Crippen molar-refractivity contribution in [3.05, 3.63) is 0 Å². The van der Waals surface area contributed by atoms with Crippen LogP contribution < -0.4 is 0 Å². The molecule has 1 fully saturated rings. The maximum Gasteiger partial charge on any atom is 0.245 e. The van der Waals surface area contributed by atoms with Crippen LogP contribution in [0.15, 0.2) is 0 Å². The zero-order valence-electron chi connectivity index (χ0n) is 13.1. The SMILES string of the molecule is C[C@H](C[C@H]1C(=O)N(C)[C@@H](C[C@@H](C)C(Cl)Cl)C(=O)N1C)C(Cl)Cl. The van der Waals surface area contributed by atoms with Gasteiger partial charge in [0.05, 0.1) is 0 Å². The number of hydrogen-bond acceptors (Lipinski definition) is 2. The predicted octanol–water partition coefficient (Wildman–Crippen LogP) is 3.31. The molecular weight excluding hydrogens is 370 g/mol. The van der Waals surface area contributed by atoms with Crippen LogP contribution in [0.3, 0.4) is 0 Å². The van der Waals surface area contributed by atoms with Crippen molar-refractivity contribution < 1.29 is 9.59 Å². The number of rotatable bonds is 6. The molecule has 0 aromatic rings. The van der Waals surface area contributed by atoms with Gasteiger partial charge in [-0.3, -0.25) is 9.59 Å². The zero-order valence-corrected chi connectivity index (χ0v) is 16.1. The van der Waals surface area contributed by atoms with Crippen LogP contribution in [-0.2, 0) is 9.59 Å². The summed E-state index contributed by atoms with van der Waals surface area (Å²) in [6.45, 7) is 3.71. The fourth-order valence-corrected chi connectivity index (χ4v) is 2.95. The van der Waals surface area contributed by atoms with E-state index in [2.05, 4.69) is 0 Å². The molecule has 1 aliphatic rings. The average Bonchev–Trinajstić information content (AvgIpc) is 2.45. The van der Waals surface area contributed by atoms with E-state index in [-0.39, 0.29) is 23.7 Å². The van der Waals surface area contributed by atoms with E-state index in [9.17, 15) is 9.59 Å². The smallest absolute Gasteiger partial charge is 0.245 e. The van der Waals surface area contributed by atoms with Crippen LogP contribution in [0.1, 0.15) is 26.7 Å². The third-order valence-corrected chi connectivity index (χ3v) is 5.97. The molecule has 0 aromatic carbocycles. The number of amides is 2. The Morgan fingerprint density at radius 2 is 1.09 bits per heavy atom. The quantitative estimate of drug-likeness (QED) is 0.651. The molecule has 1 heterocycles. The summed E-state index contributed by atoms with van der Waals surface area (Å²) in [5.74, 6) is -0.403. The van der Waals surface area contributed by atoms with E-state index in [0.717, 1.165) is 0 Å². The second kappa shape index (κ2) is 8.27. The summed E-state index contributed by atoms with van der Waals surface area (Å²) in [5, 5.41) is 0. The van der Waals surface area contributed by atoms with Gasteiger partial charge in [-0.25, -0.2) is 0 Å². The lowest BCUT2D eigenvalue weighted by Gasteiger charge is -2.43. The number of likely N-dealkylation sites (N-methyl/N-ethyl adjacent to an activating group) is 2. The minimum Gasteiger partial charge on any atom is -0.332 e. The summed E-state index contributed by atoms with van der Waals surface area (Å²) in [6, 6.07) is -1.08. The Morgan fingerprint density at radius 1 is 0.818 bits per heavy atom. The standard InChI is InChI=1S/C14H22Cl4N2O2/c1-7(11(15)16)5-9-13(21)20(4)10(14(22)19(9)3)6-8(2)12(17)18/h7-12H,5-6H2,1-4H3/t7-,8-,9+,10+/m1/s1. The Bertz CT molecular complexity index is 382. The van der Waals surface area contributed by atoms with Crippen LogP contribution in [-0.4, -0.2) is 57.5 Å². The van der Waals surface area contributed by atoms with E-state index >= 15 is 0 Å². The summed E-state index contributed by atoms with van der Waals surface area (Å²) < 4.78 is 0. The van der Waals surface area contributed by atoms with E-state index in [1.54, 1.807) is 14.1 Å². The maximum atomic E-state index is 12.6. The molecular formula is C14H22Cl4N2O2. The highest BCUT2D eigenvalue weighted by atomic mass is 35.5. The topological polar surface area (TPSA) is 40.6 Å². The molecule has 0 unspecified atom stereocenters.